The van der Waals surface area contributed by atoms with E-state index in [0.29, 0.717) is 23.9 Å². The molecule has 0 saturated carbocycles. The van der Waals surface area contributed by atoms with Crippen molar-refractivity contribution in [1.82, 2.24) is 0 Å². The van der Waals surface area contributed by atoms with Gasteiger partial charge in [0.25, 0.3) is 0 Å². The maximum atomic E-state index is 6.17. The van der Waals surface area contributed by atoms with Crippen LogP contribution >= 0.6 is 0 Å². The van der Waals surface area contributed by atoms with Gasteiger partial charge in [0, 0.05) is 17.0 Å². The van der Waals surface area contributed by atoms with E-state index in [9.17, 15) is 0 Å². The summed E-state index contributed by atoms with van der Waals surface area (Å²) in [5.74, 6) is 2.83. The molecule has 152 valence electrons. The largest absolute Gasteiger partial charge is 0.494 e. The monoisotopic (exact) mass is 401 g/mol. The second kappa shape index (κ2) is 8.74. The zero-order valence-electron chi connectivity index (χ0n) is 17.2. The highest BCUT2D eigenvalue weighted by atomic mass is 16.5. The van der Waals surface area contributed by atoms with Gasteiger partial charge in [0.05, 0.1) is 31.9 Å². The molecule has 1 heterocycles. The molecule has 0 aliphatic heterocycles. The molecule has 3 aromatic carbocycles. The van der Waals surface area contributed by atoms with Gasteiger partial charge >= 0.3 is 0 Å². The van der Waals surface area contributed by atoms with Crippen molar-refractivity contribution in [3.63, 3.8) is 0 Å². The van der Waals surface area contributed by atoms with Crippen LogP contribution in [0, 0.1) is 0 Å². The van der Waals surface area contributed by atoms with E-state index in [-0.39, 0.29) is 0 Å². The van der Waals surface area contributed by atoms with Crippen LogP contribution in [0.5, 0.6) is 17.2 Å². The fraction of sp³-hybridized carbons (Fsp3) is 0.160. The molecule has 0 aliphatic rings. The van der Waals surface area contributed by atoms with Crippen molar-refractivity contribution < 1.29 is 18.6 Å². The van der Waals surface area contributed by atoms with Crippen LogP contribution in [0.3, 0.4) is 0 Å². The first-order valence-corrected chi connectivity index (χ1v) is 9.74. The first-order chi connectivity index (χ1) is 14.7. The van der Waals surface area contributed by atoms with Crippen molar-refractivity contribution >= 4 is 16.7 Å². The van der Waals surface area contributed by atoms with Crippen LogP contribution in [0.25, 0.3) is 22.3 Å². The van der Waals surface area contributed by atoms with E-state index in [1.54, 1.807) is 14.2 Å². The van der Waals surface area contributed by atoms with Gasteiger partial charge in [-0.15, -0.1) is 0 Å². The lowest BCUT2D eigenvalue weighted by atomic mass is 10.1. The lowest BCUT2D eigenvalue weighted by Crippen LogP contribution is -2.03. The molecule has 0 amide bonds. The summed E-state index contributed by atoms with van der Waals surface area (Å²) in [5.41, 5.74) is 2.48. The lowest BCUT2D eigenvalue weighted by Gasteiger charge is -2.10. The molecule has 30 heavy (non-hydrogen) atoms. The van der Waals surface area contributed by atoms with E-state index in [4.69, 9.17) is 23.6 Å². The van der Waals surface area contributed by atoms with Gasteiger partial charge in [-0.3, -0.25) is 0 Å². The summed E-state index contributed by atoms with van der Waals surface area (Å²) in [6.45, 7) is 2.60. The molecular weight excluding hydrogens is 378 g/mol. The maximum absolute atomic E-state index is 6.17. The van der Waals surface area contributed by atoms with Crippen LogP contribution in [0.15, 0.2) is 82.2 Å². The van der Waals surface area contributed by atoms with Crippen molar-refractivity contribution in [2.45, 2.75) is 6.92 Å². The molecule has 0 N–H and O–H groups in total. The number of ether oxygens (including phenoxy) is 3. The Kier molecular flexibility index (Phi) is 5.70. The van der Waals surface area contributed by atoms with E-state index >= 15 is 0 Å². The smallest absolute Gasteiger partial charge is 0.161 e. The van der Waals surface area contributed by atoms with Gasteiger partial charge < -0.3 is 18.6 Å². The number of nitrogens with zero attached hydrogens (tertiary/aromatic N) is 1. The Labute approximate surface area is 175 Å². The van der Waals surface area contributed by atoms with Crippen LogP contribution in [-0.4, -0.2) is 20.8 Å². The number of rotatable bonds is 6. The fourth-order valence-corrected chi connectivity index (χ4v) is 3.26. The molecule has 0 unspecified atom stereocenters. The number of methoxy groups -OCH3 is 2. The SMILES string of the molecule is CCOc1ccc(N=c2cc(-c3ccc(OC)c(OC)c3)oc3ccccc23)cc1. The van der Waals surface area contributed by atoms with E-state index in [2.05, 4.69) is 0 Å². The predicted octanol–water partition coefficient (Wildman–Crippen LogP) is 5.75. The first kappa shape index (κ1) is 19.6. The van der Waals surface area contributed by atoms with Gasteiger partial charge in [-0.2, -0.15) is 0 Å². The highest BCUT2D eigenvalue weighted by Gasteiger charge is 2.10. The molecule has 5 nitrogen and oxygen atoms in total. The van der Waals surface area contributed by atoms with Crippen molar-refractivity contribution in [3.8, 4) is 28.6 Å². The van der Waals surface area contributed by atoms with Crippen LogP contribution < -0.4 is 19.6 Å². The van der Waals surface area contributed by atoms with E-state index in [0.717, 1.165) is 33.3 Å². The minimum absolute atomic E-state index is 0.635. The van der Waals surface area contributed by atoms with Crippen molar-refractivity contribution in [2.75, 3.05) is 20.8 Å². The average Bonchev–Trinajstić information content (AvgIpc) is 2.80. The molecule has 0 saturated heterocycles. The molecule has 0 fully saturated rings. The number of benzene rings is 3. The zero-order chi connectivity index (χ0) is 20.9. The lowest BCUT2D eigenvalue weighted by molar-refractivity contribution is 0.340. The normalized spacial score (nSPS) is 11.5. The topological polar surface area (TPSA) is 53.2 Å². The molecule has 0 radical (unpaired) electrons. The summed E-state index contributed by atoms with van der Waals surface area (Å²) in [4.78, 5) is 4.86. The quantitative estimate of drug-likeness (QED) is 0.413. The summed E-state index contributed by atoms with van der Waals surface area (Å²) in [5, 5.41) is 1.77. The Morgan fingerprint density at radius 2 is 1.60 bits per heavy atom. The molecule has 1 aromatic heterocycles. The third-order valence-electron chi connectivity index (χ3n) is 4.72. The summed E-state index contributed by atoms with van der Waals surface area (Å²) < 4.78 is 22.5. The molecule has 5 heteroatoms. The number of para-hydroxylation sites is 1. The molecule has 0 bridgehead atoms. The van der Waals surface area contributed by atoms with Crippen molar-refractivity contribution in [3.05, 3.63) is 78.2 Å². The molecule has 4 rings (SSSR count). The maximum Gasteiger partial charge on any atom is 0.161 e. The second-order valence-corrected chi connectivity index (χ2v) is 6.60. The van der Waals surface area contributed by atoms with Crippen LogP contribution in [-0.2, 0) is 0 Å². The van der Waals surface area contributed by atoms with Gasteiger partial charge in [-0.05, 0) is 61.5 Å². The van der Waals surface area contributed by atoms with Crippen LogP contribution in [0.1, 0.15) is 6.92 Å². The number of fused-ring (bicyclic) bond motifs is 1. The third-order valence-corrected chi connectivity index (χ3v) is 4.72. The van der Waals surface area contributed by atoms with Crippen molar-refractivity contribution in [2.24, 2.45) is 4.99 Å². The fourth-order valence-electron chi connectivity index (χ4n) is 3.26. The second-order valence-electron chi connectivity index (χ2n) is 6.60. The van der Waals surface area contributed by atoms with Gasteiger partial charge in [-0.1, -0.05) is 12.1 Å². The third kappa shape index (κ3) is 4.01. The van der Waals surface area contributed by atoms with Gasteiger partial charge in [0.15, 0.2) is 11.5 Å². The Balaban J connectivity index is 1.86. The van der Waals surface area contributed by atoms with Gasteiger partial charge in [0.1, 0.15) is 17.1 Å². The van der Waals surface area contributed by atoms with E-state index < -0.39 is 0 Å². The Morgan fingerprint density at radius 3 is 2.33 bits per heavy atom. The molecule has 0 spiro atoms. The highest BCUT2D eigenvalue weighted by Crippen LogP contribution is 2.32. The molecule has 0 atom stereocenters. The Bertz CT molecular complexity index is 1230. The standard InChI is InChI=1S/C25H23NO4/c1-4-29-19-12-10-18(11-13-19)26-21-16-24(30-22-8-6-5-7-20(21)22)17-9-14-23(27-2)25(15-17)28-3/h5-16H,4H2,1-3H3. The van der Waals surface area contributed by atoms with Crippen LogP contribution in [0.2, 0.25) is 0 Å². The number of hydrogen-bond donors (Lipinski definition) is 0. The molecule has 4 aromatic rings. The Morgan fingerprint density at radius 1 is 0.833 bits per heavy atom. The minimum atomic E-state index is 0.635. The van der Waals surface area contributed by atoms with Gasteiger partial charge in [-0.25, -0.2) is 4.99 Å². The summed E-state index contributed by atoms with van der Waals surface area (Å²) >= 11 is 0. The summed E-state index contributed by atoms with van der Waals surface area (Å²) in [7, 11) is 3.23. The Hall–Kier alpha value is -3.73. The summed E-state index contributed by atoms with van der Waals surface area (Å²) in [6, 6.07) is 23.3. The van der Waals surface area contributed by atoms with Crippen molar-refractivity contribution in [1.29, 1.82) is 0 Å². The first-order valence-electron chi connectivity index (χ1n) is 9.74. The van der Waals surface area contributed by atoms with E-state index in [1.165, 1.54) is 0 Å². The molecular formula is C25H23NO4. The molecule has 0 aliphatic carbocycles. The van der Waals surface area contributed by atoms with Crippen LogP contribution in [0.4, 0.5) is 5.69 Å². The average molecular weight is 401 g/mol. The summed E-state index contributed by atoms with van der Waals surface area (Å²) in [6.07, 6.45) is 0. The number of hydrogen-bond acceptors (Lipinski definition) is 5. The van der Waals surface area contributed by atoms with Gasteiger partial charge in [0.2, 0.25) is 0 Å². The zero-order valence-corrected chi connectivity index (χ0v) is 17.2. The van der Waals surface area contributed by atoms with E-state index in [1.807, 2.05) is 79.7 Å². The highest BCUT2D eigenvalue weighted by molar-refractivity contribution is 5.79. The minimum Gasteiger partial charge on any atom is -0.494 e. The predicted molar refractivity (Wildman–Crippen MR) is 118 cm³/mol.